The molecule has 1 aromatic carbocycles. The highest BCUT2D eigenvalue weighted by Gasteiger charge is 2.22. The predicted octanol–water partition coefficient (Wildman–Crippen LogP) is 2.98. The number of hydrogen-bond acceptors (Lipinski definition) is 6. The molecule has 0 spiro atoms. The van der Waals surface area contributed by atoms with Crippen LogP contribution in [-0.4, -0.2) is 40.6 Å². The average molecular weight is 446 g/mol. The van der Waals surface area contributed by atoms with Crippen molar-refractivity contribution in [3.05, 3.63) is 48.4 Å². The molecule has 3 aromatic rings. The van der Waals surface area contributed by atoms with Gasteiger partial charge in [-0.3, -0.25) is 0 Å². The maximum atomic E-state index is 13.2. The summed E-state index contributed by atoms with van der Waals surface area (Å²) in [5.74, 6) is 1.27. The van der Waals surface area contributed by atoms with Gasteiger partial charge in [-0.15, -0.1) is 0 Å². The third-order valence-electron chi connectivity index (χ3n) is 4.76. The van der Waals surface area contributed by atoms with Gasteiger partial charge in [-0.05, 0) is 62.9 Å². The fourth-order valence-electron chi connectivity index (χ4n) is 3.36. The van der Waals surface area contributed by atoms with Crippen LogP contribution < -0.4 is 16.4 Å². The van der Waals surface area contributed by atoms with E-state index in [0.29, 0.717) is 29.1 Å². The van der Waals surface area contributed by atoms with E-state index in [9.17, 15) is 4.39 Å². The number of fused-ring (bicyclic) bond motifs is 1. The minimum Gasteiger partial charge on any atom is -0.423 e. The highest BCUT2D eigenvalue weighted by molar-refractivity contribution is 7.59. The van der Waals surface area contributed by atoms with Gasteiger partial charge in [0.25, 0.3) is 6.01 Å². The van der Waals surface area contributed by atoms with Gasteiger partial charge < -0.3 is 31.7 Å². The molecule has 172 valence electrons. The monoisotopic (exact) mass is 445 g/mol. The molecule has 2 heterocycles. The molecule has 0 radical (unpaired) electrons. The van der Waals surface area contributed by atoms with E-state index in [-0.39, 0.29) is 33.1 Å². The standard InChI is InChI=1S/C19H21FN4O.CH5N.2H2O.H2S.2H2/c20-14-6-9-16-17(11-14)25-19(24-16)23-15-7-4-13(5-8-15)12-22-18-3-1-2-10-21-18;1-2;;;;;/h1-3,6,9-11,13,15H,4-5,7-8,12H2,(H,21,22)(H,23,24);2H2,1H3;3*1H2;2*1H. The molecule has 0 aliphatic heterocycles. The van der Waals surface area contributed by atoms with E-state index in [1.165, 1.54) is 19.2 Å². The third-order valence-corrected chi connectivity index (χ3v) is 4.76. The number of aromatic nitrogens is 2. The van der Waals surface area contributed by atoms with Crippen LogP contribution in [0.15, 0.2) is 47.0 Å². The van der Waals surface area contributed by atoms with Gasteiger partial charge in [0.2, 0.25) is 0 Å². The zero-order chi connectivity index (χ0) is 19.1. The molecular formula is C20H36FN5O3S. The molecule has 0 unspecified atom stereocenters. The van der Waals surface area contributed by atoms with Crippen molar-refractivity contribution in [2.45, 2.75) is 31.7 Å². The summed E-state index contributed by atoms with van der Waals surface area (Å²) in [5, 5.41) is 6.76. The number of benzene rings is 1. The number of pyridine rings is 1. The smallest absolute Gasteiger partial charge is 0.295 e. The zero-order valence-corrected chi connectivity index (χ0v) is 18.0. The van der Waals surface area contributed by atoms with E-state index < -0.39 is 0 Å². The van der Waals surface area contributed by atoms with E-state index in [1.807, 2.05) is 18.2 Å². The minimum absolute atomic E-state index is 0. The van der Waals surface area contributed by atoms with E-state index >= 15 is 0 Å². The molecule has 0 bridgehead atoms. The van der Waals surface area contributed by atoms with Crippen LogP contribution >= 0.6 is 13.5 Å². The lowest BCUT2D eigenvalue weighted by Crippen LogP contribution is -2.29. The summed E-state index contributed by atoms with van der Waals surface area (Å²) in [5.41, 5.74) is 5.66. The molecule has 30 heavy (non-hydrogen) atoms. The lowest BCUT2D eigenvalue weighted by Gasteiger charge is -2.28. The molecule has 0 atom stereocenters. The van der Waals surface area contributed by atoms with Crippen molar-refractivity contribution >= 4 is 36.4 Å². The van der Waals surface area contributed by atoms with Crippen molar-refractivity contribution in [3.63, 3.8) is 0 Å². The number of oxazole rings is 1. The molecule has 2 aromatic heterocycles. The van der Waals surface area contributed by atoms with Gasteiger partial charge >= 0.3 is 0 Å². The highest BCUT2D eigenvalue weighted by atomic mass is 32.1. The lowest BCUT2D eigenvalue weighted by molar-refractivity contribution is 0.347. The number of halogens is 1. The molecule has 10 heteroatoms. The van der Waals surface area contributed by atoms with Crippen molar-refractivity contribution in [3.8, 4) is 0 Å². The SMILES string of the molecule is CN.Fc1ccc2nc(NC3CCC(CNc4ccccn4)CC3)oc2c1.O.O.S.[HH].[HH]. The van der Waals surface area contributed by atoms with Crippen LogP contribution in [0.3, 0.4) is 0 Å². The molecule has 8 N–H and O–H groups in total. The first kappa shape index (κ1) is 27.6. The second-order valence-electron chi connectivity index (χ2n) is 6.59. The molecule has 4 rings (SSSR count). The van der Waals surface area contributed by atoms with Gasteiger partial charge in [0.1, 0.15) is 17.2 Å². The van der Waals surface area contributed by atoms with Crippen molar-refractivity contribution in [2.24, 2.45) is 11.7 Å². The second kappa shape index (κ2) is 13.8. The normalized spacial score (nSPS) is 17.3. The van der Waals surface area contributed by atoms with Crippen LogP contribution in [0.4, 0.5) is 16.2 Å². The molecule has 1 aliphatic rings. The van der Waals surface area contributed by atoms with Crippen LogP contribution in [0.2, 0.25) is 0 Å². The summed E-state index contributed by atoms with van der Waals surface area (Å²) in [6.45, 7) is 0.950. The van der Waals surface area contributed by atoms with Gasteiger partial charge in [0.05, 0.1) is 0 Å². The molecule has 8 nitrogen and oxygen atoms in total. The summed E-state index contributed by atoms with van der Waals surface area (Å²) in [6.07, 6.45) is 6.23. The van der Waals surface area contributed by atoms with Gasteiger partial charge in [-0.25, -0.2) is 9.37 Å². The molecule has 1 saturated carbocycles. The first-order valence-corrected chi connectivity index (χ1v) is 9.31. The Hall–Kier alpha value is -2.40. The Bertz CT molecular complexity index is 856. The largest absolute Gasteiger partial charge is 0.423 e. The quantitative estimate of drug-likeness (QED) is 0.549. The molecule has 0 saturated heterocycles. The molecular weight excluding hydrogens is 409 g/mol. The number of hydrogen-bond donors (Lipinski definition) is 3. The van der Waals surface area contributed by atoms with Gasteiger partial charge in [0, 0.05) is 27.7 Å². The predicted molar refractivity (Wildman–Crippen MR) is 128 cm³/mol. The van der Waals surface area contributed by atoms with Crippen LogP contribution in [0.1, 0.15) is 28.5 Å². The van der Waals surface area contributed by atoms with Crippen LogP contribution in [-0.2, 0) is 0 Å². The summed E-state index contributed by atoms with van der Waals surface area (Å²) in [7, 11) is 1.50. The van der Waals surface area contributed by atoms with Crippen molar-refractivity contribution in [1.29, 1.82) is 0 Å². The average Bonchev–Trinajstić information content (AvgIpc) is 3.11. The Kier molecular flexibility index (Phi) is 12.7. The Balaban J connectivity index is -0.00000117. The van der Waals surface area contributed by atoms with E-state index in [1.54, 1.807) is 12.3 Å². The number of nitrogens with two attached hydrogens (primary N) is 1. The van der Waals surface area contributed by atoms with Crippen molar-refractivity contribution in [2.75, 3.05) is 24.2 Å². The van der Waals surface area contributed by atoms with E-state index in [0.717, 1.165) is 38.0 Å². The first-order valence-electron chi connectivity index (χ1n) is 9.31. The van der Waals surface area contributed by atoms with E-state index in [4.69, 9.17) is 4.42 Å². The Morgan fingerprint density at radius 3 is 2.53 bits per heavy atom. The van der Waals surface area contributed by atoms with Crippen molar-refractivity contribution in [1.82, 2.24) is 9.97 Å². The number of rotatable bonds is 5. The van der Waals surface area contributed by atoms with Crippen LogP contribution in [0, 0.1) is 11.7 Å². The summed E-state index contributed by atoms with van der Waals surface area (Å²) < 4.78 is 18.8. The molecule has 1 fully saturated rings. The molecule has 0 amide bonds. The van der Waals surface area contributed by atoms with Gasteiger partial charge in [-0.1, -0.05) is 6.07 Å². The number of nitrogens with zero attached hydrogens (tertiary/aromatic N) is 2. The van der Waals surface area contributed by atoms with Gasteiger partial charge in [-0.2, -0.15) is 18.5 Å². The third kappa shape index (κ3) is 7.45. The topological polar surface area (TPSA) is 152 Å². The summed E-state index contributed by atoms with van der Waals surface area (Å²) in [6, 6.07) is 11.1. The summed E-state index contributed by atoms with van der Waals surface area (Å²) >= 11 is 0. The highest BCUT2D eigenvalue weighted by Crippen LogP contribution is 2.28. The fourth-order valence-corrected chi connectivity index (χ4v) is 3.36. The zero-order valence-electron chi connectivity index (χ0n) is 17.0. The number of nitrogens with one attached hydrogen (secondary N) is 2. The lowest BCUT2D eigenvalue weighted by atomic mass is 9.86. The Labute approximate surface area is 185 Å². The Morgan fingerprint density at radius 2 is 1.87 bits per heavy atom. The Morgan fingerprint density at radius 1 is 1.13 bits per heavy atom. The van der Waals surface area contributed by atoms with Crippen LogP contribution in [0.25, 0.3) is 11.1 Å². The second-order valence-corrected chi connectivity index (χ2v) is 6.59. The van der Waals surface area contributed by atoms with E-state index in [2.05, 4.69) is 26.3 Å². The maximum absolute atomic E-state index is 13.2. The van der Waals surface area contributed by atoms with Crippen LogP contribution in [0.5, 0.6) is 0 Å². The van der Waals surface area contributed by atoms with Gasteiger partial charge in [0.15, 0.2) is 5.58 Å². The molecule has 1 aliphatic carbocycles. The number of anilines is 2. The minimum atomic E-state index is -0.309. The summed E-state index contributed by atoms with van der Waals surface area (Å²) in [4.78, 5) is 8.67. The maximum Gasteiger partial charge on any atom is 0.295 e. The first-order chi connectivity index (χ1) is 13.3. The van der Waals surface area contributed by atoms with Crippen molar-refractivity contribution < 1.29 is 22.6 Å². The fraction of sp³-hybridized carbons (Fsp3) is 0.400.